The highest BCUT2D eigenvalue weighted by atomic mass is 35.5. The Kier molecular flexibility index (Phi) is 6.25. The van der Waals surface area contributed by atoms with Crippen LogP contribution in [0.25, 0.3) is 0 Å². The van der Waals surface area contributed by atoms with Crippen LogP contribution in [0.3, 0.4) is 0 Å². The van der Waals surface area contributed by atoms with Gasteiger partial charge in [0.25, 0.3) is 5.91 Å². The van der Waals surface area contributed by atoms with Crippen LogP contribution in [0.15, 0.2) is 18.2 Å². The van der Waals surface area contributed by atoms with Crippen molar-refractivity contribution in [1.29, 1.82) is 0 Å². The molecule has 0 heterocycles. The first-order chi connectivity index (χ1) is 8.52. The topological polar surface area (TPSA) is 58.6 Å². The largest absolute Gasteiger partial charge is 0.484 e. The minimum absolute atomic E-state index is 0.0368. The summed E-state index contributed by atoms with van der Waals surface area (Å²) in [7, 11) is 0. The monoisotopic (exact) mass is 291 g/mol. The van der Waals surface area contributed by atoms with Crippen LogP contribution >= 0.6 is 23.2 Å². The third kappa shape index (κ3) is 5.12. The van der Waals surface area contributed by atoms with Crippen molar-refractivity contribution in [3.05, 3.63) is 28.2 Å². The fraction of sp³-hybridized carbons (Fsp3) is 0.417. The molecule has 100 valence electrons. The van der Waals surface area contributed by atoms with Crippen LogP contribution < -0.4 is 10.1 Å². The van der Waals surface area contributed by atoms with E-state index < -0.39 is 0 Å². The molecule has 1 aromatic rings. The average molecular weight is 292 g/mol. The van der Waals surface area contributed by atoms with E-state index in [2.05, 4.69) is 5.32 Å². The van der Waals surface area contributed by atoms with Gasteiger partial charge in [-0.15, -0.1) is 0 Å². The maximum Gasteiger partial charge on any atom is 0.258 e. The number of benzene rings is 1. The van der Waals surface area contributed by atoms with E-state index >= 15 is 0 Å². The number of hydrogen-bond acceptors (Lipinski definition) is 3. The zero-order valence-electron chi connectivity index (χ0n) is 9.95. The van der Waals surface area contributed by atoms with Gasteiger partial charge in [-0.3, -0.25) is 4.79 Å². The van der Waals surface area contributed by atoms with E-state index in [1.54, 1.807) is 18.2 Å². The Hall–Kier alpha value is -0.970. The number of ether oxygens (including phenoxy) is 1. The van der Waals surface area contributed by atoms with E-state index in [0.717, 1.165) is 0 Å². The number of hydrogen-bond donors (Lipinski definition) is 2. The molecule has 4 nitrogen and oxygen atoms in total. The standard InChI is InChI=1S/C12H15Cl2NO3/c1-8(4-5-16)15-12(17)7-18-9-2-3-10(13)11(14)6-9/h2-3,6,8,16H,4-5,7H2,1H3,(H,15,17). The molecule has 0 saturated heterocycles. The lowest BCUT2D eigenvalue weighted by atomic mass is 10.2. The molecule has 0 saturated carbocycles. The molecule has 0 aromatic heterocycles. The molecule has 0 aliphatic rings. The third-order valence-corrected chi connectivity index (χ3v) is 2.97. The molecule has 2 N–H and O–H groups in total. The van der Waals surface area contributed by atoms with Gasteiger partial charge in [0.05, 0.1) is 10.0 Å². The Morgan fingerprint density at radius 3 is 2.78 bits per heavy atom. The summed E-state index contributed by atoms with van der Waals surface area (Å²) in [4.78, 5) is 11.5. The van der Waals surface area contributed by atoms with E-state index in [1.165, 1.54) is 0 Å². The molecule has 18 heavy (non-hydrogen) atoms. The van der Waals surface area contributed by atoms with Crippen molar-refractivity contribution in [1.82, 2.24) is 5.32 Å². The molecule has 0 bridgehead atoms. The van der Waals surface area contributed by atoms with Gasteiger partial charge in [0.15, 0.2) is 6.61 Å². The minimum Gasteiger partial charge on any atom is -0.484 e. The second-order valence-electron chi connectivity index (χ2n) is 3.85. The molecule has 1 atom stereocenters. The SMILES string of the molecule is CC(CCO)NC(=O)COc1ccc(Cl)c(Cl)c1. The molecule has 0 fully saturated rings. The fourth-order valence-electron chi connectivity index (χ4n) is 1.30. The van der Waals surface area contributed by atoms with Crippen LogP contribution in [0.4, 0.5) is 0 Å². The van der Waals surface area contributed by atoms with Crippen molar-refractivity contribution in [3.8, 4) is 5.75 Å². The molecule has 0 radical (unpaired) electrons. The number of rotatable bonds is 6. The van der Waals surface area contributed by atoms with E-state index in [4.69, 9.17) is 33.0 Å². The third-order valence-electron chi connectivity index (χ3n) is 2.23. The highest BCUT2D eigenvalue weighted by Crippen LogP contribution is 2.26. The first kappa shape index (κ1) is 15.1. The van der Waals surface area contributed by atoms with Crippen LogP contribution in [0, 0.1) is 0 Å². The minimum atomic E-state index is -0.248. The molecule has 1 aromatic carbocycles. The number of amides is 1. The summed E-state index contributed by atoms with van der Waals surface area (Å²) < 4.78 is 5.27. The molecule has 1 rings (SSSR count). The van der Waals surface area contributed by atoms with Gasteiger partial charge in [-0.1, -0.05) is 23.2 Å². The first-order valence-electron chi connectivity index (χ1n) is 5.51. The van der Waals surface area contributed by atoms with Crippen molar-refractivity contribution in [2.24, 2.45) is 0 Å². The summed E-state index contributed by atoms with van der Waals surface area (Å²) in [5.74, 6) is 0.233. The van der Waals surface area contributed by atoms with Crippen molar-refractivity contribution >= 4 is 29.1 Å². The Morgan fingerprint density at radius 1 is 1.44 bits per heavy atom. The van der Waals surface area contributed by atoms with Crippen molar-refractivity contribution in [2.75, 3.05) is 13.2 Å². The molecular weight excluding hydrogens is 277 g/mol. The van der Waals surface area contributed by atoms with Gasteiger partial charge >= 0.3 is 0 Å². The van der Waals surface area contributed by atoms with Gasteiger partial charge in [-0.2, -0.15) is 0 Å². The first-order valence-corrected chi connectivity index (χ1v) is 6.26. The van der Waals surface area contributed by atoms with Crippen LogP contribution in [0.2, 0.25) is 10.0 Å². The number of carbonyl (C=O) groups excluding carboxylic acids is 1. The summed E-state index contributed by atoms with van der Waals surface area (Å²) in [6, 6.07) is 4.71. The summed E-state index contributed by atoms with van der Waals surface area (Å²) in [5, 5.41) is 12.2. The van der Waals surface area contributed by atoms with Crippen LogP contribution in [-0.4, -0.2) is 30.3 Å². The quantitative estimate of drug-likeness (QED) is 0.845. The number of nitrogens with one attached hydrogen (secondary N) is 1. The van der Waals surface area contributed by atoms with E-state index in [-0.39, 0.29) is 25.2 Å². The smallest absolute Gasteiger partial charge is 0.258 e. The highest BCUT2D eigenvalue weighted by molar-refractivity contribution is 6.42. The van der Waals surface area contributed by atoms with Crippen molar-refractivity contribution in [2.45, 2.75) is 19.4 Å². The van der Waals surface area contributed by atoms with Gasteiger partial charge in [0, 0.05) is 18.7 Å². The summed E-state index contributed by atoms with van der Waals surface area (Å²) >= 11 is 11.6. The van der Waals surface area contributed by atoms with Crippen LogP contribution in [-0.2, 0) is 4.79 Å². The molecule has 0 aliphatic carbocycles. The van der Waals surface area contributed by atoms with Gasteiger partial charge in [0.2, 0.25) is 0 Å². The number of carbonyl (C=O) groups is 1. The molecule has 6 heteroatoms. The van der Waals surface area contributed by atoms with Gasteiger partial charge in [0.1, 0.15) is 5.75 Å². The molecule has 1 amide bonds. The van der Waals surface area contributed by atoms with Crippen molar-refractivity contribution in [3.63, 3.8) is 0 Å². The van der Waals surface area contributed by atoms with E-state index in [1.807, 2.05) is 6.92 Å². The predicted octanol–water partition coefficient (Wildman–Crippen LogP) is 2.26. The van der Waals surface area contributed by atoms with E-state index in [9.17, 15) is 4.79 Å². The highest BCUT2D eigenvalue weighted by Gasteiger charge is 2.08. The molecule has 0 spiro atoms. The van der Waals surface area contributed by atoms with Gasteiger partial charge in [-0.25, -0.2) is 0 Å². The summed E-state index contributed by atoms with van der Waals surface area (Å²) in [5.41, 5.74) is 0. The van der Waals surface area contributed by atoms with Gasteiger partial charge < -0.3 is 15.2 Å². The number of halogens is 2. The zero-order valence-corrected chi connectivity index (χ0v) is 11.5. The van der Waals surface area contributed by atoms with Crippen LogP contribution in [0.5, 0.6) is 5.75 Å². The second kappa shape index (κ2) is 7.46. The molecular formula is C12H15Cl2NO3. The normalized spacial score (nSPS) is 12.0. The number of aliphatic hydroxyl groups excluding tert-OH is 1. The molecule has 0 aliphatic heterocycles. The van der Waals surface area contributed by atoms with Crippen LogP contribution in [0.1, 0.15) is 13.3 Å². The Balaban J connectivity index is 2.40. The maximum atomic E-state index is 11.5. The summed E-state index contributed by atoms with van der Waals surface area (Å²) in [6.45, 7) is 1.75. The lowest BCUT2D eigenvalue weighted by Gasteiger charge is -2.13. The van der Waals surface area contributed by atoms with Crippen molar-refractivity contribution < 1.29 is 14.6 Å². The predicted molar refractivity (Wildman–Crippen MR) is 71.3 cm³/mol. The number of aliphatic hydroxyl groups is 1. The zero-order chi connectivity index (χ0) is 13.5. The fourth-order valence-corrected chi connectivity index (χ4v) is 1.59. The maximum absolute atomic E-state index is 11.5. The Bertz CT molecular complexity index is 412. The lowest BCUT2D eigenvalue weighted by Crippen LogP contribution is -2.36. The molecule has 1 unspecified atom stereocenters. The summed E-state index contributed by atoms with van der Waals surface area (Å²) in [6.07, 6.45) is 0.512. The second-order valence-corrected chi connectivity index (χ2v) is 4.66. The Morgan fingerprint density at radius 2 is 2.17 bits per heavy atom. The Labute approximate surface area is 116 Å². The van der Waals surface area contributed by atoms with E-state index in [0.29, 0.717) is 22.2 Å². The average Bonchev–Trinajstić information content (AvgIpc) is 2.31. The van der Waals surface area contributed by atoms with Gasteiger partial charge in [-0.05, 0) is 25.5 Å². The lowest BCUT2D eigenvalue weighted by molar-refractivity contribution is -0.123.